The second-order valence-corrected chi connectivity index (χ2v) is 8.19. The summed E-state index contributed by atoms with van der Waals surface area (Å²) in [5.74, 6) is 1.72. The molecule has 2 unspecified atom stereocenters. The third-order valence-electron chi connectivity index (χ3n) is 6.20. The maximum Gasteiger partial charge on any atom is 0.312 e. The summed E-state index contributed by atoms with van der Waals surface area (Å²) in [5.41, 5.74) is 0.359. The summed E-state index contributed by atoms with van der Waals surface area (Å²) in [7, 11) is 4.20. The first-order valence-corrected chi connectivity index (χ1v) is 8.43. The van der Waals surface area contributed by atoms with Crippen molar-refractivity contribution in [3.8, 4) is 0 Å². The molecule has 3 heteroatoms. The van der Waals surface area contributed by atoms with Gasteiger partial charge in [-0.15, -0.1) is 0 Å². The van der Waals surface area contributed by atoms with Gasteiger partial charge in [-0.2, -0.15) is 0 Å². The average Bonchev–Trinajstić information content (AvgIpc) is 2.36. The number of esters is 1. The molecule has 2 atom stereocenters. The minimum Gasteiger partial charge on any atom is -0.459 e. The Balaban J connectivity index is 1.70. The molecule has 0 aromatic rings. The molecule has 3 nitrogen and oxygen atoms in total. The molecular weight excluding hydrogens is 250 g/mol. The van der Waals surface area contributed by atoms with Gasteiger partial charge in [-0.05, 0) is 55.8 Å². The van der Waals surface area contributed by atoms with Crippen molar-refractivity contribution in [3.63, 3.8) is 0 Å². The second-order valence-electron chi connectivity index (χ2n) is 8.19. The smallest absolute Gasteiger partial charge is 0.312 e. The first kappa shape index (κ1) is 14.4. The van der Waals surface area contributed by atoms with E-state index < -0.39 is 0 Å². The fourth-order valence-corrected chi connectivity index (χ4v) is 5.61. The van der Waals surface area contributed by atoms with Crippen LogP contribution in [-0.2, 0) is 9.53 Å². The minimum atomic E-state index is -0.109. The van der Waals surface area contributed by atoms with Crippen molar-refractivity contribution < 1.29 is 14.4 Å². The van der Waals surface area contributed by atoms with Crippen molar-refractivity contribution in [2.24, 2.45) is 22.7 Å². The zero-order valence-electron chi connectivity index (χ0n) is 13.3. The maximum absolute atomic E-state index is 12.7. The second kappa shape index (κ2) is 5.01. The molecule has 4 aliphatic rings. The predicted octanol–water partition coefficient (Wildman–Crippen LogP) is 1.67. The molecule has 0 amide bonds. The molecule has 20 heavy (non-hydrogen) atoms. The number of carbonyl (C=O) groups is 1. The predicted molar refractivity (Wildman–Crippen MR) is 78.5 cm³/mol. The lowest BCUT2D eigenvalue weighted by Gasteiger charge is -2.60. The number of carbonyl (C=O) groups excluding carboxylic acids is 1. The summed E-state index contributed by atoms with van der Waals surface area (Å²) in [6, 6.07) is 0. The van der Waals surface area contributed by atoms with Gasteiger partial charge in [-0.1, -0.05) is 13.3 Å². The number of hydrogen-bond acceptors (Lipinski definition) is 2. The van der Waals surface area contributed by atoms with Crippen LogP contribution in [0.4, 0.5) is 0 Å². The van der Waals surface area contributed by atoms with Crippen LogP contribution in [0.2, 0.25) is 0 Å². The molecule has 0 aliphatic heterocycles. The quantitative estimate of drug-likeness (QED) is 0.777. The van der Waals surface area contributed by atoms with Crippen LogP contribution in [0.15, 0.2) is 0 Å². The van der Waals surface area contributed by atoms with E-state index in [1.165, 1.54) is 30.6 Å². The molecule has 4 aliphatic carbocycles. The van der Waals surface area contributed by atoms with Crippen LogP contribution in [0, 0.1) is 22.7 Å². The van der Waals surface area contributed by atoms with E-state index in [2.05, 4.69) is 21.0 Å². The summed E-state index contributed by atoms with van der Waals surface area (Å²) >= 11 is 0. The van der Waals surface area contributed by atoms with Crippen molar-refractivity contribution in [3.05, 3.63) is 0 Å². The van der Waals surface area contributed by atoms with Crippen molar-refractivity contribution in [1.29, 1.82) is 0 Å². The SMILES string of the molecule is CCC12CC3CC(C1)CC(C(=O)OCC[NH+](C)C)(C3)C2. The highest BCUT2D eigenvalue weighted by atomic mass is 16.5. The zero-order valence-corrected chi connectivity index (χ0v) is 13.3. The molecule has 0 spiro atoms. The largest absolute Gasteiger partial charge is 0.459 e. The molecule has 4 saturated carbocycles. The van der Waals surface area contributed by atoms with Gasteiger partial charge < -0.3 is 9.64 Å². The lowest BCUT2D eigenvalue weighted by molar-refractivity contribution is -0.858. The normalized spacial score (nSPS) is 42.2. The van der Waals surface area contributed by atoms with E-state index in [0.29, 0.717) is 12.0 Å². The lowest BCUT2D eigenvalue weighted by Crippen LogP contribution is -3.06. The summed E-state index contributed by atoms with van der Waals surface area (Å²) in [4.78, 5) is 14.0. The van der Waals surface area contributed by atoms with Gasteiger partial charge in [0.1, 0.15) is 13.2 Å². The van der Waals surface area contributed by atoms with Gasteiger partial charge in [0.15, 0.2) is 0 Å². The lowest BCUT2D eigenvalue weighted by atomic mass is 9.43. The van der Waals surface area contributed by atoms with Crippen molar-refractivity contribution >= 4 is 5.97 Å². The van der Waals surface area contributed by atoms with Crippen molar-refractivity contribution in [2.45, 2.75) is 51.9 Å². The third kappa shape index (κ3) is 2.38. The van der Waals surface area contributed by atoms with Gasteiger partial charge in [-0.3, -0.25) is 4.79 Å². The summed E-state index contributed by atoms with van der Waals surface area (Å²) in [6.07, 6.45) is 8.69. The Hall–Kier alpha value is -0.570. The van der Waals surface area contributed by atoms with Crippen LogP contribution < -0.4 is 4.90 Å². The van der Waals surface area contributed by atoms with E-state index in [-0.39, 0.29) is 11.4 Å². The topological polar surface area (TPSA) is 30.7 Å². The van der Waals surface area contributed by atoms with Crippen LogP contribution in [-0.4, -0.2) is 33.2 Å². The highest BCUT2D eigenvalue weighted by Crippen LogP contribution is 2.66. The summed E-state index contributed by atoms with van der Waals surface area (Å²) in [6.45, 7) is 3.81. The van der Waals surface area contributed by atoms with Crippen LogP contribution in [0.1, 0.15) is 51.9 Å². The maximum atomic E-state index is 12.7. The van der Waals surface area contributed by atoms with E-state index in [9.17, 15) is 4.79 Å². The van der Waals surface area contributed by atoms with E-state index >= 15 is 0 Å². The number of hydrogen-bond donors (Lipinski definition) is 1. The first-order chi connectivity index (χ1) is 9.47. The molecule has 1 N–H and O–H groups in total. The van der Waals surface area contributed by atoms with E-state index in [1.807, 2.05) is 0 Å². The van der Waals surface area contributed by atoms with Crippen molar-refractivity contribution in [2.75, 3.05) is 27.2 Å². The fourth-order valence-electron chi connectivity index (χ4n) is 5.61. The first-order valence-electron chi connectivity index (χ1n) is 8.43. The Bertz CT molecular complexity index is 376. The average molecular weight is 280 g/mol. The molecule has 0 heterocycles. The molecule has 4 rings (SSSR count). The highest BCUT2D eigenvalue weighted by molar-refractivity contribution is 5.77. The van der Waals surface area contributed by atoms with Crippen LogP contribution >= 0.6 is 0 Å². The Morgan fingerprint density at radius 3 is 2.40 bits per heavy atom. The number of ether oxygens (including phenoxy) is 1. The minimum absolute atomic E-state index is 0.109. The van der Waals surface area contributed by atoms with E-state index in [0.717, 1.165) is 37.6 Å². The van der Waals surface area contributed by atoms with Crippen LogP contribution in [0.3, 0.4) is 0 Å². The Morgan fingerprint density at radius 2 is 1.85 bits per heavy atom. The molecule has 0 radical (unpaired) electrons. The highest BCUT2D eigenvalue weighted by Gasteiger charge is 2.60. The van der Waals surface area contributed by atoms with E-state index in [1.54, 1.807) is 0 Å². The number of rotatable bonds is 5. The molecule has 0 saturated heterocycles. The van der Waals surface area contributed by atoms with Crippen LogP contribution in [0.5, 0.6) is 0 Å². The van der Waals surface area contributed by atoms with Gasteiger partial charge in [-0.25, -0.2) is 0 Å². The van der Waals surface area contributed by atoms with Gasteiger partial charge >= 0.3 is 5.97 Å². The molecule has 4 bridgehead atoms. The zero-order chi connectivity index (χ0) is 14.4. The molecule has 0 aromatic heterocycles. The molecule has 114 valence electrons. The fraction of sp³-hybridized carbons (Fsp3) is 0.941. The number of likely N-dealkylation sites (N-methyl/N-ethyl adjacent to an activating group) is 1. The molecule has 4 fully saturated rings. The molecular formula is C17H30NO2+. The Morgan fingerprint density at radius 1 is 1.20 bits per heavy atom. The van der Waals surface area contributed by atoms with Gasteiger partial charge in [0.2, 0.25) is 0 Å². The van der Waals surface area contributed by atoms with Gasteiger partial charge in [0.05, 0.1) is 19.5 Å². The standard InChI is InChI=1S/C17H29NO2/c1-4-16-8-13-7-14(9-16)11-17(10-13,12-16)15(19)20-6-5-18(2)3/h13-14H,4-12H2,1-3H3/p+1. The van der Waals surface area contributed by atoms with E-state index in [4.69, 9.17) is 4.74 Å². The summed E-state index contributed by atoms with van der Waals surface area (Å²) < 4.78 is 5.67. The Labute approximate surface area is 123 Å². The van der Waals surface area contributed by atoms with Crippen molar-refractivity contribution in [1.82, 2.24) is 0 Å². The monoisotopic (exact) mass is 280 g/mol. The third-order valence-corrected chi connectivity index (χ3v) is 6.20. The summed E-state index contributed by atoms with van der Waals surface area (Å²) in [5, 5.41) is 0. The molecule has 0 aromatic carbocycles. The Kier molecular flexibility index (Phi) is 3.60. The number of quaternary nitrogens is 1. The number of nitrogens with one attached hydrogen (secondary N) is 1. The van der Waals surface area contributed by atoms with Gasteiger partial charge in [0, 0.05) is 0 Å². The van der Waals surface area contributed by atoms with Gasteiger partial charge in [0.25, 0.3) is 0 Å². The van der Waals surface area contributed by atoms with Crippen LogP contribution in [0.25, 0.3) is 0 Å².